The summed E-state index contributed by atoms with van der Waals surface area (Å²) in [5, 5.41) is 5.52. The molecule has 194 valence electrons. The number of amides is 2. The number of aromatic nitrogens is 2. The summed E-state index contributed by atoms with van der Waals surface area (Å²) in [4.78, 5) is 55.1. The number of rotatable bonds is 11. The lowest BCUT2D eigenvalue weighted by Gasteiger charge is -2.33. The van der Waals surface area contributed by atoms with Gasteiger partial charge < -0.3 is 26.0 Å². The Morgan fingerprint density at radius 1 is 1.11 bits per heavy atom. The van der Waals surface area contributed by atoms with E-state index in [-0.39, 0.29) is 30.2 Å². The number of carbonyl (C=O) groups is 2. The molecular weight excluding hydrogens is 464 g/mol. The number of H-pyrrole nitrogens is 1. The number of aromatic amines is 1. The summed E-state index contributed by atoms with van der Waals surface area (Å²) in [7, 11) is 0. The summed E-state index contributed by atoms with van der Waals surface area (Å²) in [6, 6.07) is 7.85. The fourth-order valence-electron chi connectivity index (χ4n) is 4.24. The minimum atomic E-state index is -0.744. The quantitative estimate of drug-likeness (QED) is 0.346. The molecule has 1 aliphatic rings. The van der Waals surface area contributed by atoms with Gasteiger partial charge in [-0.05, 0) is 25.3 Å². The molecule has 3 rings (SSSR count). The van der Waals surface area contributed by atoms with Crippen molar-refractivity contribution in [2.75, 3.05) is 30.3 Å². The molecule has 1 unspecified atom stereocenters. The zero-order valence-corrected chi connectivity index (χ0v) is 20.9. The maximum absolute atomic E-state index is 13.1. The second-order valence-electron chi connectivity index (χ2n) is 8.47. The smallest absolute Gasteiger partial charge is 0.338 e. The van der Waals surface area contributed by atoms with Crippen LogP contribution >= 0.6 is 0 Å². The van der Waals surface area contributed by atoms with Gasteiger partial charge in [-0.3, -0.25) is 14.3 Å². The van der Waals surface area contributed by atoms with E-state index < -0.39 is 29.3 Å². The first kappa shape index (κ1) is 26.6. The van der Waals surface area contributed by atoms with Crippen LogP contribution in [0.5, 0.6) is 0 Å². The first-order chi connectivity index (χ1) is 17.3. The standard InChI is InChI=1S/C25H34N6O5/c1-4-7-14-31-21(26)20(22(32)29-25(31)35)30(13-5-2)15-17-18(23(33)36-6-3)19(28-24(34)27-17)16-11-9-8-10-12-16/h8-12,19H,4-7,13-15,26H2,1-3H3,(H2,27,28,34)(H,29,32,35). The van der Waals surface area contributed by atoms with Crippen LogP contribution in [0.2, 0.25) is 0 Å². The number of nitrogens with two attached hydrogens (primary N) is 1. The lowest BCUT2D eigenvalue weighted by Crippen LogP contribution is -2.49. The van der Waals surface area contributed by atoms with Crippen molar-refractivity contribution in [2.24, 2.45) is 0 Å². The fourth-order valence-corrected chi connectivity index (χ4v) is 4.24. The average molecular weight is 499 g/mol. The Balaban J connectivity index is 2.14. The van der Waals surface area contributed by atoms with E-state index in [1.54, 1.807) is 11.8 Å². The first-order valence-corrected chi connectivity index (χ1v) is 12.2. The van der Waals surface area contributed by atoms with Gasteiger partial charge >= 0.3 is 17.7 Å². The maximum Gasteiger partial charge on any atom is 0.338 e. The molecule has 1 atom stereocenters. The van der Waals surface area contributed by atoms with Crippen molar-refractivity contribution in [3.05, 3.63) is 68.0 Å². The van der Waals surface area contributed by atoms with Crippen LogP contribution in [0, 0.1) is 0 Å². The van der Waals surface area contributed by atoms with Crippen molar-refractivity contribution >= 4 is 23.5 Å². The third-order valence-corrected chi connectivity index (χ3v) is 5.89. The van der Waals surface area contributed by atoms with Crippen LogP contribution in [0.1, 0.15) is 51.6 Å². The normalized spacial score (nSPS) is 15.3. The van der Waals surface area contributed by atoms with Crippen molar-refractivity contribution < 1.29 is 14.3 Å². The molecule has 0 spiro atoms. The van der Waals surface area contributed by atoms with Gasteiger partial charge in [-0.2, -0.15) is 0 Å². The van der Waals surface area contributed by atoms with E-state index in [0.29, 0.717) is 37.2 Å². The number of urea groups is 1. The van der Waals surface area contributed by atoms with Gasteiger partial charge in [0.2, 0.25) is 0 Å². The molecule has 0 bridgehead atoms. The number of carbonyl (C=O) groups excluding carboxylic acids is 2. The molecule has 0 saturated carbocycles. The fraction of sp³-hybridized carbons (Fsp3) is 0.440. The molecule has 0 fully saturated rings. The minimum absolute atomic E-state index is 0.00198. The van der Waals surface area contributed by atoms with Crippen LogP contribution in [0.15, 0.2) is 51.2 Å². The van der Waals surface area contributed by atoms with E-state index in [1.165, 1.54) is 4.57 Å². The number of nitrogen functional groups attached to an aromatic ring is 1. The Labute approximate surface area is 209 Å². The van der Waals surface area contributed by atoms with E-state index in [9.17, 15) is 19.2 Å². The van der Waals surface area contributed by atoms with E-state index in [2.05, 4.69) is 15.6 Å². The molecule has 0 radical (unpaired) electrons. The van der Waals surface area contributed by atoms with Crippen molar-refractivity contribution in [3.8, 4) is 0 Å². The number of unbranched alkanes of at least 4 members (excludes halogenated alkanes) is 1. The van der Waals surface area contributed by atoms with Crippen molar-refractivity contribution in [1.82, 2.24) is 20.2 Å². The maximum atomic E-state index is 13.1. The molecule has 2 heterocycles. The zero-order valence-electron chi connectivity index (χ0n) is 20.9. The highest BCUT2D eigenvalue weighted by Gasteiger charge is 2.35. The van der Waals surface area contributed by atoms with Gasteiger partial charge in [-0.15, -0.1) is 0 Å². The largest absolute Gasteiger partial charge is 0.463 e. The van der Waals surface area contributed by atoms with Gasteiger partial charge in [0.05, 0.1) is 30.5 Å². The summed E-state index contributed by atoms with van der Waals surface area (Å²) in [6.07, 6.45) is 2.19. The average Bonchev–Trinajstić information content (AvgIpc) is 2.84. The van der Waals surface area contributed by atoms with Crippen LogP contribution < -0.4 is 32.5 Å². The molecule has 1 aliphatic heterocycles. The Bertz CT molecular complexity index is 1230. The molecule has 2 aromatic rings. The van der Waals surface area contributed by atoms with Crippen LogP contribution in [-0.4, -0.2) is 41.2 Å². The number of hydrogen-bond acceptors (Lipinski definition) is 7. The number of hydrogen-bond donors (Lipinski definition) is 4. The Hall–Kier alpha value is -4.02. The molecular formula is C25H34N6O5. The Morgan fingerprint density at radius 3 is 2.47 bits per heavy atom. The van der Waals surface area contributed by atoms with Gasteiger partial charge in [-0.25, -0.2) is 14.4 Å². The molecule has 11 heteroatoms. The highest BCUT2D eigenvalue weighted by Crippen LogP contribution is 2.29. The predicted octanol–water partition coefficient (Wildman–Crippen LogP) is 2.01. The van der Waals surface area contributed by atoms with Crippen molar-refractivity contribution in [3.63, 3.8) is 0 Å². The number of anilines is 2. The van der Waals surface area contributed by atoms with Gasteiger partial charge in [0.25, 0.3) is 5.56 Å². The van der Waals surface area contributed by atoms with E-state index in [1.807, 2.05) is 44.2 Å². The third kappa shape index (κ3) is 5.78. The van der Waals surface area contributed by atoms with E-state index in [0.717, 1.165) is 6.42 Å². The second kappa shape index (κ2) is 12.1. The number of nitrogens with one attached hydrogen (secondary N) is 3. The van der Waals surface area contributed by atoms with Gasteiger partial charge in [0, 0.05) is 13.1 Å². The SMILES string of the molecule is CCCCn1c(N)c(N(CCC)CC2=C(C(=O)OCC)C(c3ccccc3)NC(=O)N2)c(=O)[nH]c1=O. The molecule has 1 aromatic carbocycles. The molecule has 1 aromatic heterocycles. The summed E-state index contributed by atoms with van der Waals surface area (Å²) in [6.45, 7) is 6.52. The number of esters is 1. The van der Waals surface area contributed by atoms with Crippen molar-refractivity contribution in [1.29, 1.82) is 0 Å². The van der Waals surface area contributed by atoms with Crippen LogP contribution in [0.3, 0.4) is 0 Å². The molecule has 11 nitrogen and oxygen atoms in total. The molecule has 36 heavy (non-hydrogen) atoms. The predicted molar refractivity (Wildman–Crippen MR) is 138 cm³/mol. The number of nitrogens with zero attached hydrogens (tertiary/aromatic N) is 2. The third-order valence-electron chi connectivity index (χ3n) is 5.89. The van der Waals surface area contributed by atoms with E-state index >= 15 is 0 Å². The summed E-state index contributed by atoms with van der Waals surface area (Å²) in [5.41, 5.74) is 6.50. The molecule has 2 amide bonds. The Morgan fingerprint density at radius 2 is 1.83 bits per heavy atom. The monoisotopic (exact) mass is 498 g/mol. The highest BCUT2D eigenvalue weighted by atomic mass is 16.5. The zero-order chi connectivity index (χ0) is 26.2. The molecule has 0 aliphatic carbocycles. The number of ether oxygens (including phenoxy) is 1. The highest BCUT2D eigenvalue weighted by molar-refractivity contribution is 5.95. The van der Waals surface area contributed by atoms with Crippen molar-refractivity contribution in [2.45, 2.75) is 52.6 Å². The topological polar surface area (TPSA) is 152 Å². The van der Waals surface area contributed by atoms with E-state index in [4.69, 9.17) is 10.5 Å². The summed E-state index contributed by atoms with van der Waals surface area (Å²) < 4.78 is 6.67. The van der Waals surface area contributed by atoms with Gasteiger partial charge in [0.15, 0.2) is 0 Å². The molecule has 0 saturated heterocycles. The Kier molecular flexibility index (Phi) is 8.93. The van der Waals surface area contributed by atoms with Crippen LogP contribution in [-0.2, 0) is 16.1 Å². The summed E-state index contributed by atoms with van der Waals surface area (Å²) in [5.74, 6) is -0.538. The number of benzene rings is 1. The second-order valence-corrected chi connectivity index (χ2v) is 8.47. The molecule has 5 N–H and O–H groups in total. The first-order valence-electron chi connectivity index (χ1n) is 12.2. The summed E-state index contributed by atoms with van der Waals surface area (Å²) >= 11 is 0. The lowest BCUT2D eigenvalue weighted by atomic mass is 9.95. The van der Waals surface area contributed by atoms with Crippen LogP contribution in [0.4, 0.5) is 16.3 Å². The lowest BCUT2D eigenvalue weighted by molar-refractivity contribution is -0.139. The van der Waals surface area contributed by atoms with Crippen LogP contribution in [0.25, 0.3) is 0 Å². The van der Waals surface area contributed by atoms with Gasteiger partial charge in [-0.1, -0.05) is 50.6 Å². The van der Waals surface area contributed by atoms with Gasteiger partial charge in [0.1, 0.15) is 11.5 Å². The minimum Gasteiger partial charge on any atom is -0.463 e.